The molecule has 0 radical (unpaired) electrons. The molecule has 0 aliphatic carbocycles. The Morgan fingerprint density at radius 1 is 1.37 bits per heavy atom. The third-order valence-electron chi connectivity index (χ3n) is 2.92. The Hall–Kier alpha value is -1.46. The summed E-state index contributed by atoms with van der Waals surface area (Å²) >= 11 is 0. The quantitative estimate of drug-likeness (QED) is 0.879. The van der Waals surface area contributed by atoms with Gasteiger partial charge in [0.05, 0.1) is 6.42 Å². The molecule has 6 heteroatoms. The molecule has 1 aromatic carbocycles. The summed E-state index contributed by atoms with van der Waals surface area (Å²) in [6.07, 6.45) is 0.386. The topological polar surface area (TPSA) is 50.8 Å². The lowest BCUT2D eigenvalue weighted by Gasteiger charge is -2.16. The van der Waals surface area contributed by atoms with Gasteiger partial charge in [-0.05, 0) is 24.7 Å². The maximum Gasteiger partial charge on any atom is 0.231 e. The summed E-state index contributed by atoms with van der Waals surface area (Å²) in [6.45, 7) is 1.76. The van der Waals surface area contributed by atoms with Crippen LogP contribution in [0, 0.1) is 0 Å². The van der Waals surface area contributed by atoms with Crippen molar-refractivity contribution in [3.05, 3.63) is 23.8 Å². The van der Waals surface area contributed by atoms with Crippen LogP contribution in [0.3, 0.4) is 0 Å². The standard InChI is InChI=1S/C13H18N2O3.ClH/c1-14-5-6-15(2)13(16)8-10-3-4-11-12(7-10)18-9-17-11;/h3-4,7,14H,5-6,8-9H2,1-2H3;1H. The van der Waals surface area contributed by atoms with Crippen molar-refractivity contribution in [2.45, 2.75) is 6.42 Å². The molecule has 106 valence electrons. The molecular formula is C13H19ClN2O3. The van der Waals surface area contributed by atoms with Crippen LogP contribution in [-0.4, -0.2) is 44.8 Å². The number of hydrogen-bond acceptors (Lipinski definition) is 4. The Balaban J connectivity index is 0.00000180. The van der Waals surface area contributed by atoms with E-state index in [0.717, 1.165) is 23.6 Å². The van der Waals surface area contributed by atoms with Crippen LogP contribution >= 0.6 is 12.4 Å². The molecule has 0 bridgehead atoms. The van der Waals surface area contributed by atoms with Gasteiger partial charge in [0.15, 0.2) is 11.5 Å². The molecule has 1 amide bonds. The van der Waals surface area contributed by atoms with Crippen molar-refractivity contribution in [3.63, 3.8) is 0 Å². The summed E-state index contributed by atoms with van der Waals surface area (Å²) in [5.74, 6) is 1.57. The molecule has 1 N–H and O–H groups in total. The molecule has 5 nitrogen and oxygen atoms in total. The Morgan fingerprint density at radius 2 is 2.11 bits per heavy atom. The van der Waals surface area contributed by atoms with Gasteiger partial charge in [0.1, 0.15) is 0 Å². The highest BCUT2D eigenvalue weighted by molar-refractivity contribution is 5.85. The second-order valence-corrected chi connectivity index (χ2v) is 4.28. The Bertz CT molecular complexity index is 440. The van der Waals surface area contributed by atoms with E-state index < -0.39 is 0 Å². The van der Waals surface area contributed by atoms with Crippen molar-refractivity contribution in [3.8, 4) is 11.5 Å². The van der Waals surface area contributed by atoms with Crippen LogP contribution in [0.15, 0.2) is 18.2 Å². The number of rotatable bonds is 5. The fourth-order valence-electron chi connectivity index (χ4n) is 1.76. The van der Waals surface area contributed by atoms with Crippen LogP contribution in [0.25, 0.3) is 0 Å². The zero-order chi connectivity index (χ0) is 13.0. The summed E-state index contributed by atoms with van der Waals surface area (Å²) in [6, 6.07) is 5.61. The Labute approximate surface area is 119 Å². The first-order chi connectivity index (χ1) is 8.70. The van der Waals surface area contributed by atoms with Crippen molar-refractivity contribution >= 4 is 18.3 Å². The van der Waals surface area contributed by atoms with E-state index in [-0.39, 0.29) is 25.1 Å². The molecule has 0 saturated carbocycles. The average Bonchev–Trinajstić information content (AvgIpc) is 2.83. The van der Waals surface area contributed by atoms with E-state index in [1.165, 1.54) is 0 Å². The smallest absolute Gasteiger partial charge is 0.231 e. The monoisotopic (exact) mass is 286 g/mol. The number of nitrogens with zero attached hydrogens (tertiary/aromatic N) is 1. The van der Waals surface area contributed by atoms with Gasteiger partial charge in [0.25, 0.3) is 0 Å². The minimum absolute atomic E-state index is 0. The molecule has 1 aliphatic rings. The molecule has 0 saturated heterocycles. The highest BCUT2D eigenvalue weighted by Crippen LogP contribution is 2.32. The number of nitrogens with one attached hydrogen (secondary N) is 1. The zero-order valence-corrected chi connectivity index (χ0v) is 12.0. The summed E-state index contributed by atoms with van der Waals surface area (Å²) in [4.78, 5) is 13.7. The number of carbonyl (C=O) groups is 1. The maximum atomic E-state index is 11.9. The minimum Gasteiger partial charge on any atom is -0.454 e. The lowest BCUT2D eigenvalue weighted by Crippen LogP contribution is -2.33. The first kappa shape index (κ1) is 15.6. The van der Waals surface area contributed by atoms with Gasteiger partial charge in [-0.1, -0.05) is 6.07 Å². The van der Waals surface area contributed by atoms with Crippen LogP contribution in [0.4, 0.5) is 0 Å². The summed E-state index contributed by atoms with van der Waals surface area (Å²) in [7, 11) is 3.68. The molecule has 0 atom stereocenters. The van der Waals surface area contributed by atoms with Gasteiger partial charge >= 0.3 is 0 Å². The minimum atomic E-state index is 0. The fourth-order valence-corrected chi connectivity index (χ4v) is 1.76. The van der Waals surface area contributed by atoms with E-state index in [4.69, 9.17) is 9.47 Å². The zero-order valence-electron chi connectivity index (χ0n) is 11.1. The van der Waals surface area contributed by atoms with Crippen LogP contribution < -0.4 is 14.8 Å². The Morgan fingerprint density at radius 3 is 2.84 bits per heavy atom. The highest BCUT2D eigenvalue weighted by Gasteiger charge is 2.15. The van der Waals surface area contributed by atoms with Crippen molar-refractivity contribution in [2.75, 3.05) is 34.0 Å². The first-order valence-corrected chi connectivity index (χ1v) is 5.98. The largest absolute Gasteiger partial charge is 0.454 e. The molecule has 0 spiro atoms. The van der Waals surface area contributed by atoms with Gasteiger partial charge in [-0.3, -0.25) is 4.79 Å². The molecule has 0 unspecified atom stereocenters. The molecular weight excluding hydrogens is 268 g/mol. The molecule has 1 heterocycles. The molecule has 2 rings (SSSR count). The second-order valence-electron chi connectivity index (χ2n) is 4.28. The summed E-state index contributed by atoms with van der Waals surface area (Å²) < 4.78 is 10.5. The van der Waals surface area contributed by atoms with Crippen molar-refractivity contribution in [1.29, 1.82) is 0 Å². The normalized spacial score (nSPS) is 11.9. The molecule has 0 fully saturated rings. The number of carbonyl (C=O) groups excluding carboxylic acids is 1. The third-order valence-corrected chi connectivity index (χ3v) is 2.92. The number of amides is 1. The van der Waals surface area contributed by atoms with Crippen molar-refractivity contribution in [1.82, 2.24) is 10.2 Å². The van der Waals surface area contributed by atoms with E-state index in [0.29, 0.717) is 13.0 Å². The van der Waals surface area contributed by atoms with Crippen molar-refractivity contribution in [2.24, 2.45) is 0 Å². The van der Waals surface area contributed by atoms with E-state index in [1.807, 2.05) is 32.3 Å². The van der Waals surface area contributed by atoms with Gasteiger partial charge < -0.3 is 19.7 Å². The maximum absolute atomic E-state index is 11.9. The summed E-state index contributed by atoms with van der Waals surface area (Å²) in [5.41, 5.74) is 0.945. The predicted molar refractivity (Wildman–Crippen MR) is 75.1 cm³/mol. The second kappa shape index (κ2) is 7.21. The number of ether oxygens (including phenoxy) is 2. The first-order valence-electron chi connectivity index (χ1n) is 5.98. The van der Waals surface area contributed by atoms with Gasteiger partial charge in [-0.15, -0.1) is 12.4 Å². The van der Waals surface area contributed by atoms with Gasteiger partial charge in [-0.2, -0.15) is 0 Å². The van der Waals surface area contributed by atoms with Gasteiger partial charge in [0.2, 0.25) is 12.7 Å². The van der Waals surface area contributed by atoms with Crippen LogP contribution in [0.1, 0.15) is 5.56 Å². The number of halogens is 1. The van der Waals surface area contributed by atoms with E-state index in [9.17, 15) is 4.79 Å². The van der Waals surface area contributed by atoms with Gasteiger partial charge in [0, 0.05) is 20.1 Å². The molecule has 0 aromatic heterocycles. The number of fused-ring (bicyclic) bond motifs is 1. The SMILES string of the molecule is CNCCN(C)C(=O)Cc1ccc2c(c1)OCO2.Cl. The van der Waals surface area contributed by atoms with Crippen LogP contribution in [0.5, 0.6) is 11.5 Å². The van der Waals surface area contributed by atoms with Crippen LogP contribution in [-0.2, 0) is 11.2 Å². The average molecular weight is 287 g/mol. The third kappa shape index (κ3) is 4.01. The van der Waals surface area contributed by atoms with E-state index in [2.05, 4.69) is 5.32 Å². The fraction of sp³-hybridized carbons (Fsp3) is 0.462. The van der Waals surface area contributed by atoms with Crippen LogP contribution in [0.2, 0.25) is 0 Å². The summed E-state index contributed by atoms with van der Waals surface area (Å²) in [5, 5.41) is 3.02. The van der Waals surface area contributed by atoms with E-state index in [1.54, 1.807) is 4.90 Å². The van der Waals surface area contributed by atoms with Gasteiger partial charge in [-0.25, -0.2) is 0 Å². The highest BCUT2D eigenvalue weighted by atomic mass is 35.5. The molecule has 1 aliphatic heterocycles. The lowest BCUT2D eigenvalue weighted by atomic mass is 10.1. The molecule has 1 aromatic rings. The number of likely N-dealkylation sites (N-methyl/N-ethyl adjacent to an activating group) is 2. The lowest BCUT2D eigenvalue weighted by molar-refractivity contribution is -0.129. The Kier molecular flexibility index (Phi) is 5.92. The van der Waals surface area contributed by atoms with Crippen molar-refractivity contribution < 1.29 is 14.3 Å². The number of benzene rings is 1. The number of hydrogen-bond donors (Lipinski definition) is 1. The van der Waals surface area contributed by atoms with E-state index >= 15 is 0 Å². The predicted octanol–water partition coefficient (Wildman–Crippen LogP) is 1.06. The molecule has 19 heavy (non-hydrogen) atoms.